The van der Waals surface area contributed by atoms with E-state index in [0.717, 1.165) is 13.1 Å². The lowest BCUT2D eigenvalue weighted by Gasteiger charge is -2.30. The van der Waals surface area contributed by atoms with Crippen LogP contribution in [0.15, 0.2) is 4.40 Å². The van der Waals surface area contributed by atoms with E-state index in [0.29, 0.717) is 5.37 Å². The summed E-state index contributed by atoms with van der Waals surface area (Å²) in [4.78, 5) is 12.2. The van der Waals surface area contributed by atoms with Crippen LogP contribution in [-0.4, -0.2) is 29.4 Å². The van der Waals surface area contributed by atoms with Gasteiger partial charge in [-0.15, -0.1) is 4.40 Å². The number of hydrogen-bond acceptors (Lipinski definition) is 4. The standard InChI is InChI=1S/C8H14N2OS/c1-8(12-9-7-11)10-5-3-2-4-6-10/h8H,2-6H2,1H3. The van der Waals surface area contributed by atoms with Crippen LogP contribution in [0.4, 0.5) is 0 Å². The Bertz CT molecular complexity index is 174. The Morgan fingerprint density at radius 3 is 2.67 bits per heavy atom. The number of rotatable bonds is 3. The van der Waals surface area contributed by atoms with Gasteiger partial charge in [0, 0.05) is 11.9 Å². The monoisotopic (exact) mass is 186 g/mol. The summed E-state index contributed by atoms with van der Waals surface area (Å²) in [5.74, 6) is 0. The molecule has 0 amide bonds. The van der Waals surface area contributed by atoms with Crippen LogP contribution in [0.2, 0.25) is 0 Å². The Hall–Kier alpha value is -0.310. The van der Waals surface area contributed by atoms with Gasteiger partial charge in [0.1, 0.15) is 0 Å². The summed E-state index contributed by atoms with van der Waals surface area (Å²) < 4.78 is 3.52. The van der Waals surface area contributed by atoms with Gasteiger partial charge in [-0.2, -0.15) is 0 Å². The van der Waals surface area contributed by atoms with Crippen molar-refractivity contribution < 1.29 is 4.79 Å². The fraction of sp³-hybridized carbons (Fsp3) is 0.875. The van der Waals surface area contributed by atoms with E-state index in [9.17, 15) is 4.79 Å². The highest BCUT2D eigenvalue weighted by Gasteiger charge is 2.16. The first-order chi connectivity index (χ1) is 5.84. The second-order valence-corrected chi connectivity index (χ2v) is 4.06. The second-order valence-electron chi connectivity index (χ2n) is 2.98. The number of hydrogen-bond donors (Lipinski definition) is 0. The van der Waals surface area contributed by atoms with E-state index in [1.807, 2.05) is 0 Å². The number of piperidine rings is 1. The van der Waals surface area contributed by atoms with Crippen molar-refractivity contribution in [2.24, 2.45) is 4.40 Å². The maximum Gasteiger partial charge on any atom is 0.247 e. The molecule has 1 heterocycles. The molecule has 1 aliphatic heterocycles. The topological polar surface area (TPSA) is 32.7 Å². The third kappa shape index (κ3) is 2.97. The van der Waals surface area contributed by atoms with Crippen LogP contribution < -0.4 is 0 Å². The first-order valence-corrected chi connectivity index (χ1v) is 5.15. The van der Waals surface area contributed by atoms with Crippen LogP contribution in [0, 0.1) is 0 Å². The first kappa shape index (κ1) is 9.78. The molecule has 0 bridgehead atoms. The Morgan fingerprint density at radius 1 is 1.42 bits per heavy atom. The van der Waals surface area contributed by atoms with Gasteiger partial charge in [0.25, 0.3) is 0 Å². The van der Waals surface area contributed by atoms with Gasteiger partial charge in [0.15, 0.2) is 0 Å². The molecule has 1 atom stereocenters. The molecule has 0 aromatic heterocycles. The van der Waals surface area contributed by atoms with Crippen LogP contribution in [-0.2, 0) is 4.79 Å². The van der Waals surface area contributed by atoms with Crippen LogP contribution in [0.25, 0.3) is 0 Å². The van der Waals surface area contributed by atoms with Crippen LogP contribution in [0.1, 0.15) is 26.2 Å². The highest BCUT2D eigenvalue weighted by Crippen LogP contribution is 2.20. The van der Waals surface area contributed by atoms with Gasteiger partial charge in [-0.05, 0) is 32.9 Å². The zero-order chi connectivity index (χ0) is 8.81. The maximum absolute atomic E-state index is 9.86. The zero-order valence-electron chi connectivity index (χ0n) is 7.32. The quantitative estimate of drug-likeness (QED) is 0.383. The summed E-state index contributed by atoms with van der Waals surface area (Å²) in [6.45, 7) is 4.36. The average molecular weight is 186 g/mol. The fourth-order valence-electron chi connectivity index (χ4n) is 1.45. The van der Waals surface area contributed by atoms with E-state index in [1.54, 1.807) is 6.08 Å². The van der Waals surface area contributed by atoms with E-state index in [2.05, 4.69) is 16.2 Å². The van der Waals surface area contributed by atoms with Crippen molar-refractivity contribution in [1.82, 2.24) is 4.90 Å². The molecule has 0 radical (unpaired) electrons. The van der Waals surface area contributed by atoms with E-state index >= 15 is 0 Å². The number of isocyanates is 1. The Morgan fingerprint density at radius 2 is 2.08 bits per heavy atom. The molecule has 0 spiro atoms. The van der Waals surface area contributed by atoms with Crippen molar-refractivity contribution in [3.8, 4) is 0 Å². The molecule has 1 saturated heterocycles. The lowest BCUT2D eigenvalue weighted by molar-refractivity contribution is 0.222. The van der Waals surface area contributed by atoms with E-state index in [4.69, 9.17) is 0 Å². The lowest BCUT2D eigenvalue weighted by atomic mass is 10.1. The first-order valence-electron chi connectivity index (χ1n) is 4.31. The summed E-state index contributed by atoms with van der Waals surface area (Å²) in [6, 6.07) is 0. The highest BCUT2D eigenvalue weighted by atomic mass is 32.2. The van der Waals surface area contributed by atoms with Crippen molar-refractivity contribution in [2.75, 3.05) is 13.1 Å². The number of nitrogens with zero attached hydrogens (tertiary/aromatic N) is 2. The smallest absolute Gasteiger partial charge is 0.247 e. The van der Waals surface area contributed by atoms with Gasteiger partial charge in [0.05, 0.1) is 5.37 Å². The van der Waals surface area contributed by atoms with Gasteiger partial charge in [-0.1, -0.05) is 6.42 Å². The van der Waals surface area contributed by atoms with E-state index in [1.165, 1.54) is 31.2 Å². The third-order valence-electron chi connectivity index (χ3n) is 2.15. The average Bonchev–Trinajstić information content (AvgIpc) is 2.15. The van der Waals surface area contributed by atoms with Crippen molar-refractivity contribution in [1.29, 1.82) is 0 Å². The molecular formula is C8H14N2OS. The van der Waals surface area contributed by atoms with Crippen molar-refractivity contribution in [3.63, 3.8) is 0 Å². The summed E-state index contributed by atoms with van der Waals surface area (Å²) in [5, 5.41) is 0.326. The molecule has 4 heteroatoms. The fourth-order valence-corrected chi connectivity index (χ4v) is 1.99. The minimum atomic E-state index is 0.326. The summed E-state index contributed by atoms with van der Waals surface area (Å²) in [6.07, 6.45) is 5.43. The Kier molecular flexibility index (Phi) is 4.36. The summed E-state index contributed by atoms with van der Waals surface area (Å²) in [5.41, 5.74) is 0. The predicted molar refractivity (Wildman–Crippen MR) is 50.6 cm³/mol. The predicted octanol–water partition coefficient (Wildman–Crippen LogP) is 1.80. The lowest BCUT2D eigenvalue weighted by Crippen LogP contribution is -2.35. The maximum atomic E-state index is 9.86. The molecular weight excluding hydrogens is 172 g/mol. The number of carbonyl (C=O) groups excluding carboxylic acids is 1. The normalized spacial score (nSPS) is 21.4. The molecule has 1 rings (SSSR count). The minimum Gasteiger partial charge on any atom is -0.290 e. The van der Waals surface area contributed by atoms with E-state index in [-0.39, 0.29) is 0 Å². The van der Waals surface area contributed by atoms with Crippen molar-refractivity contribution >= 4 is 18.0 Å². The molecule has 1 fully saturated rings. The minimum absolute atomic E-state index is 0.326. The van der Waals surface area contributed by atoms with Gasteiger partial charge in [-0.25, -0.2) is 4.79 Å². The molecule has 0 N–H and O–H groups in total. The Labute approximate surface area is 77.4 Å². The van der Waals surface area contributed by atoms with Crippen LogP contribution in [0.5, 0.6) is 0 Å². The molecule has 3 nitrogen and oxygen atoms in total. The molecule has 0 saturated carbocycles. The largest absolute Gasteiger partial charge is 0.290 e. The molecule has 1 aliphatic rings. The molecule has 0 aliphatic carbocycles. The van der Waals surface area contributed by atoms with E-state index < -0.39 is 0 Å². The SMILES string of the molecule is CC(SN=C=O)N1CCCCC1. The van der Waals surface area contributed by atoms with Crippen molar-refractivity contribution in [3.05, 3.63) is 0 Å². The van der Waals surface area contributed by atoms with Gasteiger partial charge < -0.3 is 0 Å². The second kappa shape index (κ2) is 5.36. The van der Waals surface area contributed by atoms with Gasteiger partial charge in [-0.3, -0.25) is 4.90 Å². The molecule has 68 valence electrons. The van der Waals surface area contributed by atoms with Crippen LogP contribution in [0.3, 0.4) is 0 Å². The highest BCUT2D eigenvalue weighted by molar-refractivity contribution is 7.98. The summed E-state index contributed by atoms with van der Waals surface area (Å²) in [7, 11) is 0. The number of likely N-dealkylation sites (tertiary alicyclic amines) is 1. The van der Waals surface area contributed by atoms with Crippen LogP contribution >= 0.6 is 11.9 Å². The van der Waals surface area contributed by atoms with Gasteiger partial charge >= 0.3 is 0 Å². The molecule has 1 unspecified atom stereocenters. The summed E-state index contributed by atoms with van der Waals surface area (Å²) >= 11 is 1.31. The zero-order valence-corrected chi connectivity index (χ0v) is 8.14. The molecule has 12 heavy (non-hydrogen) atoms. The van der Waals surface area contributed by atoms with Crippen molar-refractivity contribution in [2.45, 2.75) is 31.6 Å². The van der Waals surface area contributed by atoms with Gasteiger partial charge in [0.2, 0.25) is 6.08 Å². The third-order valence-corrected chi connectivity index (χ3v) is 2.93. The molecule has 0 aromatic carbocycles. The molecule has 0 aromatic rings. The Balaban J connectivity index is 2.28.